The molecule has 1 fully saturated rings. The van der Waals surface area contributed by atoms with Crippen molar-refractivity contribution in [3.05, 3.63) is 64.1 Å². The minimum Gasteiger partial charge on any atom is -0.377 e. The number of nitrogens with one attached hydrogen (secondary N) is 1. The van der Waals surface area contributed by atoms with E-state index in [1.54, 1.807) is 24.1 Å². The predicted molar refractivity (Wildman–Crippen MR) is 111 cm³/mol. The van der Waals surface area contributed by atoms with Crippen molar-refractivity contribution in [2.24, 2.45) is 0 Å². The summed E-state index contributed by atoms with van der Waals surface area (Å²) < 4.78 is 33.8. The van der Waals surface area contributed by atoms with Crippen molar-refractivity contribution in [2.45, 2.75) is 30.4 Å². The lowest BCUT2D eigenvalue weighted by Gasteiger charge is -2.18. The van der Waals surface area contributed by atoms with E-state index in [1.165, 1.54) is 12.1 Å². The summed E-state index contributed by atoms with van der Waals surface area (Å²) in [6, 6.07) is 13.7. The molecule has 150 valence electrons. The molecule has 28 heavy (non-hydrogen) atoms. The van der Waals surface area contributed by atoms with Crippen molar-refractivity contribution in [3.8, 4) is 0 Å². The highest BCUT2D eigenvalue weighted by Gasteiger charge is 2.21. The van der Waals surface area contributed by atoms with Gasteiger partial charge < -0.3 is 9.64 Å². The van der Waals surface area contributed by atoms with Gasteiger partial charge in [0, 0.05) is 36.8 Å². The zero-order chi connectivity index (χ0) is 20.1. The SMILES string of the molecule is CN(Cc1ccccc1Br)C(=O)c1ccc(S(=O)(=O)NCC2CCCO2)cc1. The Bertz CT molecular complexity index is 925. The van der Waals surface area contributed by atoms with Gasteiger partial charge in [-0.15, -0.1) is 0 Å². The maximum Gasteiger partial charge on any atom is 0.253 e. The molecule has 6 nitrogen and oxygen atoms in total. The van der Waals surface area contributed by atoms with Crippen molar-refractivity contribution in [2.75, 3.05) is 20.2 Å². The lowest BCUT2D eigenvalue weighted by atomic mass is 10.1. The Morgan fingerprint density at radius 3 is 2.57 bits per heavy atom. The van der Waals surface area contributed by atoms with Crippen molar-refractivity contribution < 1.29 is 17.9 Å². The van der Waals surface area contributed by atoms with E-state index in [0.717, 1.165) is 22.9 Å². The summed E-state index contributed by atoms with van der Waals surface area (Å²) >= 11 is 3.48. The monoisotopic (exact) mass is 466 g/mol. The molecule has 1 unspecified atom stereocenters. The second-order valence-electron chi connectivity index (χ2n) is 6.76. The molecule has 1 amide bonds. The number of hydrogen-bond acceptors (Lipinski definition) is 4. The molecule has 3 rings (SSSR count). The first-order chi connectivity index (χ1) is 13.4. The predicted octanol–water partition coefficient (Wildman–Crippen LogP) is 3.18. The first-order valence-corrected chi connectivity index (χ1v) is 11.3. The second-order valence-corrected chi connectivity index (χ2v) is 9.39. The molecule has 0 spiro atoms. The summed E-state index contributed by atoms with van der Waals surface area (Å²) in [4.78, 5) is 14.4. The van der Waals surface area contributed by atoms with Crippen LogP contribution in [0.25, 0.3) is 0 Å². The van der Waals surface area contributed by atoms with Gasteiger partial charge in [0.15, 0.2) is 0 Å². The fraction of sp³-hybridized carbons (Fsp3) is 0.350. The van der Waals surface area contributed by atoms with Crippen LogP contribution < -0.4 is 4.72 Å². The Kier molecular flexibility index (Phi) is 6.87. The number of halogens is 1. The Balaban J connectivity index is 1.64. The van der Waals surface area contributed by atoms with E-state index in [0.29, 0.717) is 18.7 Å². The van der Waals surface area contributed by atoms with Gasteiger partial charge in [-0.3, -0.25) is 4.79 Å². The first-order valence-electron chi connectivity index (χ1n) is 9.07. The third kappa shape index (κ3) is 5.20. The highest BCUT2D eigenvalue weighted by Crippen LogP contribution is 2.19. The average Bonchev–Trinajstić information content (AvgIpc) is 3.21. The first kappa shape index (κ1) is 21.0. The number of carbonyl (C=O) groups is 1. The van der Waals surface area contributed by atoms with Crippen molar-refractivity contribution in [1.29, 1.82) is 0 Å². The zero-order valence-corrected chi connectivity index (χ0v) is 18.0. The molecule has 1 aliphatic heterocycles. The Hall–Kier alpha value is -1.74. The number of carbonyl (C=O) groups excluding carboxylic acids is 1. The van der Waals surface area contributed by atoms with E-state index in [2.05, 4.69) is 20.7 Å². The van der Waals surface area contributed by atoms with E-state index in [1.807, 2.05) is 24.3 Å². The molecule has 0 saturated carbocycles. The van der Waals surface area contributed by atoms with Crippen molar-refractivity contribution >= 4 is 31.9 Å². The summed E-state index contributed by atoms with van der Waals surface area (Å²) in [7, 11) is -1.91. The van der Waals surface area contributed by atoms with Crippen LogP contribution in [0.1, 0.15) is 28.8 Å². The number of nitrogens with zero attached hydrogens (tertiary/aromatic N) is 1. The van der Waals surface area contributed by atoms with Crippen molar-refractivity contribution in [3.63, 3.8) is 0 Å². The fourth-order valence-corrected chi connectivity index (χ4v) is 4.52. The van der Waals surface area contributed by atoms with Gasteiger partial charge in [0.2, 0.25) is 10.0 Å². The smallest absolute Gasteiger partial charge is 0.253 e. The van der Waals surface area contributed by atoms with E-state index in [-0.39, 0.29) is 23.5 Å². The van der Waals surface area contributed by atoms with Gasteiger partial charge in [0.05, 0.1) is 11.0 Å². The molecule has 0 bridgehead atoms. The van der Waals surface area contributed by atoms with Crippen molar-refractivity contribution in [1.82, 2.24) is 9.62 Å². The molecule has 1 aliphatic rings. The van der Waals surface area contributed by atoms with Crippen LogP contribution in [0, 0.1) is 0 Å². The molecule has 2 aromatic carbocycles. The number of ether oxygens (including phenoxy) is 1. The summed E-state index contributed by atoms with van der Waals surface area (Å²) in [5.41, 5.74) is 1.43. The van der Waals surface area contributed by atoms with Gasteiger partial charge in [-0.1, -0.05) is 34.1 Å². The maximum absolute atomic E-state index is 12.6. The molecule has 0 aromatic heterocycles. The van der Waals surface area contributed by atoms with Crippen LogP contribution in [0.3, 0.4) is 0 Å². The summed E-state index contributed by atoms with van der Waals surface area (Å²) in [6.07, 6.45) is 1.75. The van der Waals surface area contributed by atoms with Gasteiger partial charge in [-0.2, -0.15) is 0 Å². The summed E-state index contributed by atoms with van der Waals surface area (Å²) in [6.45, 7) is 1.39. The van der Waals surface area contributed by atoms with Crippen LogP contribution in [0.15, 0.2) is 57.9 Å². The van der Waals surface area contributed by atoms with Crippen LogP contribution in [-0.4, -0.2) is 45.5 Å². The topological polar surface area (TPSA) is 75.7 Å². The molecule has 0 aliphatic carbocycles. The third-order valence-corrected chi connectivity index (χ3v) is 6.86. The molecular weight excluding hydrogens is 444 g/mol. The number of rotatable bonds is 7. The molecule has 1 atom stereocenters. The van der Waals surface area contributed by atoms with Gasteiger partial charge in [-0.25, -0.2) is 13.1 Å². The van der Waals surface area contributed by atoms with E-state index >= 15 is 0 Å². The maximum atomic E-state index is 12.6. The molecule has 0 radical (unpaired) electrons. The highest BCUT2D eigenvalue weighted by atomic mass is 79.9. The number of hydrogen-bond donors (Lipinski definition) is 1. The van der Waals surface area contributed by atoms with Gasteiger partial charge in [-0.05, 0) is 48.7 Å². The lowest BCUT2D eigenvalue weighted by Crippen LogP contribution is -2.32. The van der Waals surface area contributed by atoms with Crippen LogP contribution in [-0.2, 0) is 21.3 Å². The van der Waals surface area contributed by atoms with E-state index in [9.17, 15) is 13.2 Å². The average molecular weight is 467 g/mol. The van der Waals surface area contributed by atoms with Crippen LogP contribution in [0.4, 0.5) is 0 Å². The quantitative estimate of drug-likeness (QED) is 0.679. The van der Waals surface area contributed by atoms with Gasteiger partial charge in [0.25, 0.3) is 5.91 Å². The number of amides is 1. The molecule has 1 saturated heterocycles. The highest BCUT2D eigenvalue weighted by molar-refractivity contribution is 9.10. The van der Waals surface area contributed by atoms with Crippen LogP contribution in [0.2, 0.25) is 0 Å². The molecule has 1 N–H and O–H groups in total. The lowest BCUT2D eigenvalue weighted by molar-refractivity contribution is 0.0784. The molecule has 8 heteroatoms. The largest absolute Gasteiger partial charge is 0.377 e. The second kappa shape index (κ2) is 9.17. The minimum atomic E-state index is -3.63. The normalized spacial score (nSPS) is 16.9. The standard InChI is InChI=1S/C20H23BrN2O4S/c1-23(14-16-5-2-3-7-19(16)21)20(24)15-8-10-18(11-9-15)28(25,26)22-13-17-6-4-12-27-17/h2-3,5,7-11,17,22H,4,6,12-14H2,1H3. The number of benzene rings is 2. The molecule has 2 aromatic rings. The zero-order valence-electron chi connectivity index (χ0n) is 15.6. The van der Waals surface area contributed by atoms with Gasteiger partial charge >= 0.3 is 0 Å². The number of sulfonamides is 1. The third-order valence-electron chi connectivity index (χ3n) is 4.65. The molecular formula is C20H23BrN2O4S. The van der Waals surface area contributed by atoms with E-state index in [4.69, 9.17) is 4.74 Å². The van der Waals surface area contributed by atoms with E-state index < -0.39 is 10.0 Å². The fourth-order valence-electron chi connectivity index (χ4n) is 3.04. The summed E-state index contributed by atoms with van der Waals surface area (Å²) in [5, 5.41) is 0. The Morgan fingerprint density at radius 1 is 1.21 bits per heavy atom. The summed E-state index contributed by atoms with van der Waals surface area (Å²) in [5.74, 6) is -0.174. The van der Waals surface area contributed by atoms with Crippen LogP contribution >= 0.6 is 15.9 Å². The molecule has 1 heterocycles. The minimum absolute atomic E-state index is 0.0680. The Labute approximate surface area is 174 Å². The Morgan fingerprint density at radius 2 is 1.93 bits per heavy atom. The van der Waals surface area contributed by atoms with Crippen LogP contribution in [0.5, 0.6) is 0 Å². The van der Waals surface area contributed by atoms with Gasteiger partial charge in [0.1, 0.15) is 0 Å².